The van der Waals surface area contributed by atoms with Gasteiger partial charge in [-0.25, -0.2) is 4.39 Å². The first kappa shape index (κ1) is 24.3. The van der Waals surface area contributed by atoms with E-state index in [2.05, 4.69) is 31.1 Å². The molecule has 0 saturated heterocycles. The van der Waals surface area contributed by atoms with Gasteiger partial charge in [-0.05, 0) is 57.9 Å². The second-order valence-corrected chi connectivity index (χ2v) is 8.57. The van der Waals surface area contributed by atoms with Crippen molar-refractivity contribution in [2.24, 2.45) is 0 Å². The standard InChI is InChI=1S/C23H22BrFN6O4/c1-4-29-12-15(10-27-29)13-30-20(9-22(28-30)34-3)18-6-5-17(25)8-19(18)14(2)35-21-7-16(24)11-26-23(21)31(32)33/h5-12,14H,4,13H2,1-3H3/t14-/m1/s1. The van der Waals surface area contributed by atoms with Crippen LogP contribution in [0.15, 0.2) is 53.4 Å². The number of aromatic nitrogens is 5. The van der Waals surface area contributed by atoms with E-state index in [9.17, 15) is 14.5 Å². The minimum atomic E-state index is -0.757. The third kappa shape index (κ3) is 5.32. The Morgan fingerprint density at radius 3 is 2.74 bits per heavy atom. The van der Waals surface area contributed by atoms with Crippen LogP contribution in [-0.2, 0) is 13.1 Å². The highest BCUT2D eigenvalue weighted by Gasteiger charge is 2.24. The Morgan fingerprint density at radius 2 is 2.06 bits per heavy atom. The number of nitrogens with zero attached hydrogens (tertiary/aromatic N) is 6. The summed E-state index contributed by atoms with van der Waals surface area (Å²) in [6.45, 7) is 4.83. The van der Waals surface area contributed by atoms with Gasteiger partial charge in [0.1, 0.15) is 11.9 Å². The number of methoxy groups -OCH3 is 1. The molecule has 10 nitrogen and oxygen atoms in total. The van der Waals surface area contributed by atoms with Crippen LogP contribution in [0.2, 0.25) is 0 Å². The van der Waals surface area contributed by atoms with Crippen LogP contribution in [0.5, 0.6) is 11.6 Å². The molecule has 0 unspecified atom stereocenters. The van der Waals surface area contributed by atoms with Gasteiger partial charge in [0.25, 0.3) is 0 Å². The van der Waals surface area contributed by atoms with Crippen LogP contribution in [0.25, 0.3) is 11.3 Å². The van der Waals surface area contributed by atoms with E-state index in [0.29, 0.717) is 33.7 Å². The second kappa shape index (κ2) is 10.2. The summed E-state index contributed by atoms with van der Waals surface area (Å²) in [7, 11) is 1.52. The summed E-state index contributed by atoms with van der Waals surface area (Å²) in [6, 6.07) is 7.51. The average Bonchev–Trinajstić information content (AvgIpc) is 3.45. The number of hydrogen-bond acceptors (Lipinski definition) is 7. The lowest BCUT2D eigenvalue weighted by Crippen LogP contribution is -2.10. The summed E-state index contributed by atoms with van der Waals surface area (Å²) >= 11 is 3.26. The lowest BCUT2D eigenvalue weighted by Gasteiger charge is -2.19. The van der Waals surface area contributed by atoms with E-state index in [1.807, 2.05) is 17.8 Å². The van der Waals surface area contributed by atoms with Crippen molar-refractivity contribution in [2.75, 3.05) is 7.11 Å². The van der Waals surface area contributed by atoms with Crippen molar-refractivity contribution >= 4 is 21.7 Å². The summed E-state index contributed by atoms with van der Waals surface area (Å²) in [4.78, 5) is 14.6. The molecule has 1 aromatic carbocycles. The maximum atomic E-state index is 14.4. The summed E-state index contributed by atoms with van der Waals surface area (Å²) < 4.78 is 29.7. The van der Waals surface area contributed by atoms with Crippen molar-refractivity contribution in [1.29, 1.82) is 0 Å². The predicted molar refractivity (Wildman–Crippen MR) is 129 cm³/mol. The van der Waals surface area contributed by atoms with Crippen molar-refractivity contribution in [3.8, 4) is 22.9 Å². The fourth-order valence-electron chi connectivity index (χ4n) is 3.66. The smallest absolute Gasteiger partial charge is 0.406 e. The molecule has 0 N–H and O–H groups in total. The van der Waals surface area contributed by atoms with Gasteiger partial charge in [0.2, 0.25) is 11.6 Å². The molecule has 12 heteroatoms. The van der Waals surface area contributed by atoms with Gasteiger partial charge in [-0.3, -0.25) is 9.36 Å². The molecule has 0 amide bonds. The molecule has 0 aliphatic rings. The highest BCUT2D eigenvalue weighted by Crippen LogP contribution is 2.36. The Kier molecular flexibility index (Phi) is 7.10. The van der Waals surface area contributed by atoms with Crippen LogP contribution in [-0.4, -0.2) is 36.6 Å². The minimum absolute atomic E-state index is 0.0369. The number of benzene rings is 1. The van der Waals surface area contributed by atoms with Crippen molar-refractivity contribution in [3.63, 3.8) is 0 Å². The Hall–Kier alpha value is -3.80. The second-order valence-electron chi connectivity index (χ2n) is 7.66. The largest absolute Gasteiger partial charge is 0.480 e. The topological polar surface area (TPSA) is 110 Å². The molecule has 0 bridgehead atoms. The van der Waals surface area contributed by atoms with Crippen molar-refractivity contribution in [2.45, 2.75) is 33.0 Å². The summed E-state index contributed by atoms with van der Waals surface area (Å²) in [5.41, 5.74) is 2.72. The van der Waals surface area contributed by atoms with Gasteiger partial charge < -0.3 is 19.6 Å². The summed E-state index contributed by atoms with van der Waals surface area (Å²) in [5.74, 6) is -0.551. The van der Waals surface area contributed by atoms with Gasteiger partial charge in [0, 0.05) is 41.6 Å². The average molecular weight is 545 g/mol. The predicted octanol–water partition coefficient (Wildman–Crippen LogP) is 5.17. The van der Waals surface area contributed by atoms with E-state index >= 15 is 0 Å². The molecule has 1 atom stereocenters. The molecular weight excluding hydrogens is 523 g/mol. The van der Waals surface area contributed by atoms with Crippen LogP contribution in [0.4, 0.5) is 10.2 Å². The molecule has 0 spiro atoms. The molecule has 35 heavy (non-hydrogen) atoms. The number of hydrogen-bond donors (Lipinski definition) is 0. The molecule has 3 aromatic heterocycles. The molecule has 182 valence electrons. The van der Waals surface area contributed by atoms with Crippen LogP contribution < -0.4 is 9.47 Å². The number of rotatable bonds is 9. The monoisotopic (exact) mass is 544 g/mol. The van der Waals surface area contributed by atoms with E-state index in [1.54, 1.807) is 29.9 Å². The number of halogens is 2. The minimum Gasteiger partial charge on any atom is -0.480 e. The molecular formula is C23H22BrFN6O4. The molecule has 4 rings (SSSR count). The molecule has 3 heterocycles. The SMILES string of the molecule is CCn1cc(Cn2nc(OC)cc2-c2ccc(F)cc2[C@@H](C)Oc2cc(Br)cnc2[N+](=O)[O-])cn1. The first-order valence-electron chi connectivity index (χ1n) is 10.7. The Balaban J connectivity index is 1.75. The fourth-order valence-corrected chi connectivity index (χ4v) is 3.97. The van der Waals surface area contributed by atoms with Crippen LogP contribution in [0.3, 0.4) is 0 Å². The van der Waals surface area contributed by atoms with Crippen molar-refractivity contribution in [1.82, 2.24) is 24.5 Å². The molecule has 0 fully saturated rings. The van der Waals surface area contributed by atoms with E-state index in [-0.39, 0.29) is 5.75 Å². The van der Waals surface area contributed by atoms with Gasteiger partial charge >= 0.3 is 5.82 Å². The van der Waals surface area contributed by atoms with Gasteiger partial charge in [-0.15, -0.1) is 5.10 Å². The van der Waals surface area contributed by atoms with Crippen molar-refractivity contribution < 1.29 is 18.8 Å². The summed E-state index contributed by atoms with van der Waals surface area (Å²) in [5, 5.41) is 20.2. The Morgan fingerprint density at radius 1 is 1.26 bits per heavy atom. The first-order valence-corrected chi connectivity index (χ1v) is 11.5. The lowest BCUT2D eigenvalue weighted by atomic mass is 10.00. The maximum Gasteiger partial charge on any atom is 0.406 e. The van der Waals surface area contributed by atoms with Gasteiger partial charge in [0.05, 0.1) is 30.0 Å². The van der Waals surface area contributed by atoms with Gasteiger partial charge in [0.15, 0.2) is 6.20 Å². The fraction of sp³-hybridized carbons (Fsp3) is 0.261. The zero-order chi connectivity index (χ0) is 25.1. The Bertz CT molecular complexity index is 1370. The quantitative estimate of drug-likeness (QED) is 0.211. The normalized spacial score (nSPS) is 11.9. The highest BCUT2D eigenvalue weighted by molar-refractivity contribution is 9.10. The van der Waals surface area contributed by atoms with Gasteiger partial charge in [-0.2, -0.15) is 5.10 Å². The third-order valence-electron chi connectivity index (χ3n) is 5.31. The van der Waals surface area contributed by atoms with Crippen LogP contribution in [0, 0.1) is 15.9 Å². The summed E-state index contributed by atoms with van der Waals surface area (Å²) in [6.07, 6.45) is 4.24. The highest BCUT2D eigenvalue weighted by atomic mass is 79.9. The Labute approximate surface area is 208 Å². The third-order valence-corrected chi connectivity index (χ3v) is 5.75. The first-order chi connectivity index (χ1) is 16.8. The van der Waals surface area contributed by atoms with E-state index in [1.165, 1.54) is 31.5 Å². The van der Waals surface area contributed by atoms with E-state index in [4.69, 9.17) is 9.47 Å². The van der Waals surface area contributed by atoms with E-state index in [0.717, 1.165) is 12.1 Å². The molecule has 0 saturated carbocycles. The van der Waals surface area contributed by atoms with Crippen molar-refractivity contribution in [3.05, 3.63) is 80.5 Å². The lowest BCUT2D eigenvalue weighted by molar-refractivity contribution is -0.390. The number of pyridine rings is 1. The molecule has 0 radical (unpaired) electrons. The number of aryl methyl sites for hydroxylation is 1. The number of ether oxygens (including phenoxy) is 2. The maximum absolute atomic E-state index is 14.4. The zero-order valence-corrected chi connectivity index (χ0v) is 20.8. The number of nitro groups is 1. The zero-order valence-electron chi connectivity index (χ0n) is 19.2. The van der Waals surface area contributed by atoms with E-state index < -0.39 is 22.7 Å². The molecule has 0 aliphatic heterocycles. The van der Waals surface area contributed by atoms with Crippen LogP contribution in [0.1, 0.15) is 31.1 Å². The molecule has 4 aromatic rings. The molecule has 0 aliphatic carbocycles. The van der Waals surface area contributed by atoms with Crippen LogP contribution >= 0.6 is 15.9 Å². The van der Waals surface area contributed by atoms with Gasteiger partial charge in [-0.1, -0.05) is 0 Å².